The van der Waals surface area contributed by atoms with E-state index in [-0.39, 0.29) is 5.92 Å². The molecule has 1 aromatic rings. The van der Waals surface area contributed by atoms with Crippen LogP contribution in [0, 0.1) is 5.92 Å². The fraction of sp³-hybridized carbons (Fsp3) is 0.643. The minimum atomic E-state index is -0.724. The summed E-state index contributed by atoms with van der Waals surface area (Å²) in [6, 6.07) is 3.89. The SMILES string of the molecule is O=C(O)C1CCCN(c2ccc(N3CCOCC3)nn2)C1. The van der Waals surface area contributed by atoms with Gasteiger partial charge in [-0.15, -0.1) is 10.2 Å². The van der Waals surface area contributed by atoms with Gasteiger partial charge in [0.2, 0.25) is 0 Å². The molecule has 2 aliphatic heterocycles. The average Bonchev–Trinajstić information content (AvgIpc) is 2.56. The van der Waals surface area contributed by atoms with Crippen LogP contribution in [0.2, 0.25) is 0 Å². The maximum atomic E-state index is 11.1. The third kappa shape index (κ3) is 3.24. The van der Waals surface area contributed by atoms with Crippen molar-refractivity contribution in [1.82, 2.24) is 10.2 Å². The zero-order valence-electron chi connectivity index (χ0n) is 11.9. The van der Waals surface area contributed by atoms with Gasteiger partial charge in [-0.25, -0.2) is 0 Å². The van der Waals surface area contributed by atoms with E-state index in [1.165, 1.54) is 0 Å². The van der Waals surface area contributed by atoms with Gasteiger partial charge in [0.15, 0.2) is 11.6 Å². The lowest BCUT2D eigenvalue weighted by Crippen LogP contribution is -2.39. The van der Waals surface area contributed by atoms with E-state index >= 15 is 0 Å². The maximum absolute atomic E-state index is 11.1. The van der Waals surface area contributed by atoms with Crippen LogP contribution in [0.25, 0.3) is 0 Å². The summed E-state index contributed by atoms with van der Waals surface area (Å²) in [6.45, 7) is 4.46. The summed E-state index contributed by atoms with van der Waals surface area (Å²) in [6.07, 6.45) is 1.62. The number of rotatable bonds is 3. The van der Waals surface area contributed by atoms with Crippen LogP contribution in [0.15, 0.2) is 12.1 Å². The summed E-state index contributed by atoms with van der Waals surface area (Å²) in [5.41, 5.74) is 0. The second-order valence-corrected chi connectivity index (χ2v) is 5.47. The number of aliphatic carboxylic acids is 1. The van der Waals surface area contributed by atoms with E-state index in [4.69, 9.17) is 9.84 Å². The number of ether oxygens (including phenoxy) is 1. The fourth-order valence-corrected chi connectivity index (χ4v) is 2.83. The molecule has 3 heterocycles. The van der Waals surface area contributed by atoms with Crippen molar-refractivity contribution in [3.8, 4) is 0 Å². The number of hydrogen-bond acceptors (Lipinski definition) is 6. The summed E-state index contributed by atoms with van der Waals surface area (Å²) in [5.74, 6) is 0.587. The monoisotopic (exact) mass is 292 g/mol. The Hall–Kier alpha value is -1.89. The van der Waals surface area contributed by atoms with Gasteiger partial charge in [-0.1, -0.05) is 0 Å². The Balaban J connectivity index is 1.67. The van der Waals surface area contributed by atoms with Gasteiger partial charge < -0.3 is 19.6 Å². The number of carbonyl (C=O) groups is 1. The van der Waals surface area contributed by atoms with Gasteiger partial charge in [-0.3, -0.25) is 4.79 Å². The standard InChI is InChI=1S/C14H20N4O3/c19-14(20)11-2-1-5-18(10-11)13-4-3-12(15-16-13)17-6-8-21-9-7-17/h3-4,11H,1-2,5-10H2,(H,19,20). The van der Waals surface area contributed by atoms with E-state index in [1.54, 1.807) is 0 Å². The molecule has 3 rings (SSSR count). The first kappa shape index (κ1) is 14.1. The van der Waals surface area contributed by atoms with Crippen molar-refractivity contribution in [1.29, 1.82) is 0 Å². The minimum absolute atomic E-state index is 0.306. The summed E-state index contributed by atoms with van der Waals surface area (Å²) in [4.78, 5) is 15.3. The number of carboxylic acid groups (broad SMARTS) is 1. The summed E-state index contributed by atoms with van der Waals surface area (Å²) in [7, 11) is 0. The number of piperidine rings is 1. The van der Waals surface area contributed by atoms with Crippen LogP contribution in [0.5, 0.6) is 0 Å². The zero-order chi connectivity index (χ0) is 14.7. The highest BCUT2D eigenvalue weighted by molar-refractivity contribution is 5.71. The molecule has 0 bridgehead atoms. The van der Waals surface area contributed by atoms with Crippen molar-refractivity contribution in [3.63, 3.8) is 0 Å². The largest absolute Gasteiger partial charge is 0.481 e. The van der Waals surface area contributed by atoms with Gasteiger partial charge in [0.05, 0.1) is 19.1 Å². The Morgan fingerprint density at radius 1 is 1.14 bits per heavy atom. The first-order valence-electron chi connectivity index (χ1n) is 7.38. The van der Waals surface area contributed by atoms with E-state index in [0.29, 0.717) is 6.54 Å². The quantitative estimate of drug-likeness (QED) is 0.874. The van der Waals surface area contributed by atoms with E-state index in [2.05, 4.69) is 15.1 Å². The molecule has 0 amide bonds. The molecule has 2 aliphatic rings. The van der Waals surface area contributed by atoms with E-state index < -0.39 is 5.97 Å². The molecule has 2 fully saturated rings. The Morgan fingerprint density at radius 2 is 1.81 bits per heavy atom. The van der Waals surface area contributed by atoms with Crippen molar-refractivity contribution in [3.05, 3.63) is 12.1 Å². The number of carboxylic acids is 1. The fourth-order valence-electron chi connectivity index (χ4n) is 2.83. The zero-order valence-corrected chi connectivity index (χ0v) is 11.9. The van der Waals surface area contributed by atoms with Gasteiger partial charge in [0.25, 0.3) is 0 Å². The molecule has 0 saturated carbocycles. The van der Waals surface area contributed by atoms with Crippen molar-refractivity contribution >= 4 is 17.6 Å². The second-order valence-electron chi connectivity index (χ2n) is 5.47. The molecule has 1 N–H and O–H groups in total. The van der Waals surface area contributed by atoms with Crippen LogP contribution in [-0.4, -0.2) is 60.7 Å². The number of anilines is 2. The number of nitrogens with zero attached hydrogens (tertiary/aromatic N) is 4. The molecule has 1 aromatic heterocycles. The van der Waals surface area contributed by atoms with Crippen molar-refractivity contribution < 1.29 is 14.6 Å². The van der Waals surface area contributed by atoms with E-state index in [9.17, 15) is 4.79 Å². The normalized spacial score (nSPS) is 23.1. The molecule has 2 saturated heterocycles. The molecule has 7 heteroatoms. The smallest absolute Gasteiger partial charge is 0.308 e. The summed E-state index contributed by atoms with van der Waals surface area (Å²) in [5, 5.41) is 17.7. The van der Waals surface area contributed by atoms with Gasteiger partial charge in [-0.2, -0.15) is 0 Å². The Morgan fingerprint density at radius 3 is 2.43 bits per heavy atom. The molecule has 7 nitrogen and oxygen atoms in total. The van der Waals surface area contributed by atoms with Gasteiger partial charge in [0.1, 0.15) is 0 Å². The molecule has 0 radical (unpaired) electrons. The van der Waals surface area contributed by atoms with Gasteiger partial charge in [0, 0.05) is 26.2 Å². The van der Waals surface area contributed by atoms with E-state index in [1.807, 2.05) is 17.0 Å². The molecule has 0 aromatic carbocycles. The van der Waals surface area contributed by atoms with Crippen molar-refractivity contribution in [2.24, 2.45) is 5.92 Å². The van der Waals surface area contributed by atoms with Crippen LogP contribution >= 0.6 is 0 Å². The van der Waals surface area contributed by atoms with E-state index in [0.717, 1.165) is 57.3 Å². The highest BCUT2D eigenvalue weighted by atomic mass is 16.5. The van der Waals surface area contributed by atoms with Crippen LogP contribution in [0.4, 0.5) is 11.6 Å². The molecule has 0 spiro atoms. The molecule has 21 heavy (non-hydrogen) atoms. The summed E-state index contributed by atoms with van der Waals surface area (Å²) >= 11 is 0. The first-order chi connectivity index (χ1) is 10.2. The van der Waals surface area contributed by atoms with Crippen LogP contribution in [-0.2, 0) is 9.53 Å². The predicted octanol–water partition coefficient (Wildman–Crippen LogP) is 0.614. The van der Waals surface area contributed by atoms with Gasteiger partial charge >= 0.3 is 5.97 Å². The van der Waals surface area contributed by atoms with Gasteiger partial charge in [-0.05, 0) is 25.0 Å². The third-order valence-corrected chi connectivity index (χ3v) is 4.07. The summed E-state index contributed by atoms with van der Waals surface area (Å²) < 4.78 is 5.32. The number of hydrogen-bond donors (Lipinski definition) is 1. The minimum Gasteiger partial charge on any atom is -0.481 e. The van der Waals surface area contributed by atoms with Crippen LogP contribution in [0.1, 0.15) is 12.8 Å². The first-order valence-corrected chi connectivity index (χ1v) is 7.38. The second kappa shape index (κ2) is 6.26. The van der Waals surface area contributed by atoms with Crippen molar-refractivity contribution in [2.45, 2.75) is 12.8 Å². The highest BCUT2D eigenvalue weighted by Crippen LogP contribution is 2.22. The highest BCUT2D eigenvalue weighted by Gasteiger charge is 2.26. The third-order valence-electron chi connectivity index (χ3n) is 4.07. The predicted molar refractivity (Wildman–Crippen MR) is 77.6 cm³/mol. The van der Waals surface area contributed by atoms with Crippen LogP contribution < -0.4 is 9.80 Å². The molecule has 1 atom stereocenters. The lowest BCUT2D eigenvalue weighted by Gasteiger charge is -2.32. The topological polar surface area (TPSA) is 78.8 Å². The van der Waals surface area contributed by atoms with Crippen LogP contribution in [0.3, 0.4) is 0 Å². The lowest BCUT2D eigenvalue weighted by molar-refractivity contribution is -0.141. The maximum Gasteiger partial charge on any atom is 0.308 e. The Labute approximate surface area is 123 Å². The Kier molecular flexibility index (Phi) is 4.19. The van der Waals surface area contributed by atoms with Crippen molar-refractivity contribution in [2.75, 3.05) is 49.2 Å². The Bertz CT molecular complexity index is 487. The molecule has 1 unspecified atom stereocenters. The lowest BCUT2D eigenvalue weighted by atomic mass is 9.98. The molecule has 0 aliphatic carbocycles. The molecular weight excluding hydrogens is 272 g/mol. The number of morpholine rings is 1. The average molecular weight is 292 g/mol. The molecule has 114 valence electrons. The number of aromatic nitrogens is 2. The molecular formula is C14H20N4O3.